The van der Waals surface area contributed by atoms with Crippen LogP contribution in [0.4, 0.5) is 18.9 Å². The Bertz CT molecular complexity index is 517. The monoisotopic (exact) mass is 339 g/mol. The Morgan fingerprint density at radius 2 is 2.11 bits per heavy atom. The van der Waals surface area contributed by atoms with E-state index >= 15 is 0 Å². The zero-order chi connectivity index (χ0) is 14.6. The first kappa shape index (κ1) is 15.3. The largest absolute Gasteiger partial charge is 0.416 e. The van der Waals surface area contributed by atoms with Crippen molar-refractivity contribution in [3.8, 4) is 0 Å². The number of alkyl halides is 3. The van der Waals surface area contributed by atoms with E-state index in [1.807, 2.05) is 0 Å². The van der Waals surface area contributed by atoms with Gasteiger partial charge >= 0.3 is 6.18 Å². The lowest BCUT2D eigenvalue weighted by atomic mass is 10.2. The number of hydrogen-bond acceptors (Lipinski definition) is 3. The highest BCUT2D eigenvalue weighted by molar-refractivity contribution is 9.10. The minimum atomic E-state index is -4.51. The molecule has 0 bridgehead atoms. The molecule has 104 valence electrons. The van der Waals surface area contributed by atoms with Gasteiger partial charge in [-0.15, -0.1) is 0 Å². The quantitative estimate of drug-likeness (QED) is 0.342. The summed E-state index contributed by atoms with van der Waals surface area (Å²) in [7, 11) is 0. The van der Waals surface area contributed by atoms with Crippen molar-refractivity contribution in [3.63, 3.8) is 0 Å². The lowest BCUT2D eigenvalue weighted by molar-refractivity contribution is -0.137. The third-order valence-corrected chi connectivity index (χ3v) is 2.73. The SMILES string of the molecule is N/C(CC(=O)Nc1cc(C(F)(F)F)ccc1Br)=N/O. The van der Waals surface area contributed by atoms with Gasteiger partial charge in [-0.2, -0.15) is 13.2 Å². The van der Waals surface area contributed by atoms with E-state index in [2.05, 4.69) is 26.4 Å². The molecule has 19 heavy (non-hydrogen) atoms. The second-order valence-corrected chi connectivity index (χ2v) is 4.36. The van der Waals surface area contributed by atoms with Crippen LogP contribution in [0.1, 0.15) is 12.0 Å². The number of nitrogens with zero attached hydrogens (tertiary/aromatic N) is 1. The predicted octanol–water partition coefficient (Wildman–Crippen LogP) is 2.54. The topological polar surface area (TPSA) is 87.7 Å². The van der Waals surface area contributed by atoms with Crippen LogP contribution in [0.3, 0.4) is 0 Å². The summed E-state index contributed by atoms with van der Waals surface area (Å²) in [6, 6.07) is 2.83. The fraction of sp³-hybridized carbons (Fsp3) is 0.200. The highest BCUT2D eigenvalue weighted by Crippen LogP contribution is 2.33. The number of oxime groups is 1. The summed E-state index contributed by atoms with van der Waals surface area (Å²) in [5, 5.41) is 13.1. The molecule has 0 aromatic heterocycles. The Labute approximate surface area is 114 Å². The molecule has 1 rings (SSSR count). The van der Waals surface area contributed by atoms with E-state index in [-0.39, 0.29) is 16.0 Å². The molecule has 0 aliphatic rings. The molecule has 0 fully saturated rings. The van der Waals surface area contributed by atoms with Gasteiger partial charge in [0.2, 0.25) is 5.91 Å². The van der Waals surface area contributed by atoms with Crippen molar-refractivity contribution in [3.05, 3.63) is 28.2 Å². The van der Waals surface area contributed by atoms with E-state index in [0.29, 0.717) is 0 Å². The van der Waals surface area contributed by atoms with E-state index in [9.17, 15) is 18.0 Å². The number of carbonyl (C=O) groups is 1. The number of benzene rings is 1. The van der Waals surface area contributed by atoms with Crippen molar-refractivity contribution in [2.24, 2.45) is 10.9 Å². The third kappa shape index (κ3) is 4.43. The summed E-state index contributed by atoms with van der Waals surface area (Å²) in [6.45, 7) is 0. The van der Waals surface area contributed by atoms with E-state index in [1.165, 1.54) is 6.07 Å². The molecule has 0 saturated heterocycles. The van der Waals surface area contributed by atoms with Crippen molar-refractivity contribution in [1.29, 1.82) is 0 Å². The van der Waals surface area contributed by atoms with Gasteiger partial charge < -0.3 is 16.3 Å². The van der Waals surface area contributed by atoms with Gasteiger partial charge in [0, 0.05) is 4.47 Å². The number of nitrogens with two attached hydrogens (primary N) is 1. The van der Waals surface area contributed by atoms with Crippen LogP contribution in [0, 0.1) is 0 Å². The van der Waals surface area contributed by atoms with Crippen molar-refractivity contribution >= 4 is 33.4 Å². The predicted molar refractivity (Wildman–Crippen MR) is 65.8 cm³/mol. The first-order chi connectivity index (χ1) is 8.74. The van der Waals surface area contributed by atoms with Gasteiger partial charge in [-0.25, -0.2) is 0 Å². The van der Waals surface area contributed by atoms with Crippen LogP contribution in [0.5, 0.6) is 0 Å². The lowest BCUT2D eigenvalue weighted by Gasteiger charge is -2.11. The molecule has 5 nitrogen and oxygen atoms in total. The fourth-order valence-electron chi connectivity index (χ4n) is 1.19. The van der Waals surface area contributed by atoms with Gasteiger partial charge in [0.1, 0.15) is 5.84 Å². The maximum atomic E-state index is 12.5. The molecule has 0 atom stereocenters. The summed E-state index contributed by atoms with van der Waals surface area (Å²) in [5.74, 6) is -1.05. The molecule has 1 amide bonds. The van der Waals surface area contributed by atoms with Crippen LogP contribution in [0.25, 0.3) is 0 Å². The van der Waals surface area contributed by atoms with Crippen LogP contribution >= 0.6 is 15.9 Å². The molecule has 0 aliphatic carbocycles. The Kier molecular flexibility index (Phi) is 4.76. The van der Waals surface area contributed by atoms with E-state index in [1.54, 1.807) is 0 Å². The summed E-state index contributed by atoms with van der Waals surface area (Å²) in [6.07, 6.45) is -4.94. The van der Waals surface area contributed by atoms with Crippen molar-refractivity contribution < 1.29 is 23.2 Å². The number of halogens is 4. The maximum Gasteiger partial charge on any atom is 0.416 e. The molecule has 0 spiro atoms. The normalized spacial score (nSPS) is 12.3. The van der Waals surface area contributed by atoms with Gasteiger partial charge in [-0.1, -0.05) is 5.16 Å². The van der Waals surface area contributed by atoms with Gasteiger partial charge in [0.25, 0.3) is 0 Å². The Morgan fingerprint density at radius 1 is 1.47 bits per heavy atom. The van der Waals surface area contributed by atoms with Gasteiger partial charge in [0.15, 0.2) is 0 Å². The molecule has 0 unspecified atom stereocenters. The molecule has 0 heterocycles. The van der Waals surface area contributed by atoms with Crippen molar-refractivity contribution in [2.75, 3.05) is 5.32 Å². The minimum Gasteiger partial charge on any atom is -0.409 e. The van der Waals surface area contributed by atoms with E-state index < -0.39 is 24.1 Å². The highest BCUT2D eigenvalue weighted by atomic mass is 79.9. The molecule has 9 heteroatoms. The second kappa shape index (κ2) is 5.91. The number of anilines is 1. The molecule has 4 N–H and O–H groups in total. The van der Waals surface area contributed by atoms with Crippen LogP contribution in [0.2, 0.25) is 0 Å². The molecule has 1 aromatic rings. The average molecular weight is 340 g/mol. The zero-order valence-electron chi connectivity index (χ0n) is 9.33. The molecule has 1 aromatic carbocycles. The second-order valence-electron chi connectivity index (χ2n) is 3.51. The van der Waals surface area contributed by atoms with Gasteiger partial charge in [-0.3, -0.25) is 4.79 Å². The average Bonchev–Trinajstić information content (AvgIpc) is 2.30. The number of amides is 1. The number of rotatable bonds is 3. The highest BCUT2D eigenvalue weighted by Gasteiger charge is 2.31. The van der Waals surface area contributed by atoms with Crippen molar-refractivity contribution in [2.45, 2.75) is 12.6 Å². The summed E-state index contributed by atoms with van der Waals surface area (Å²) in [4.78, 5) is 11.4. The number of nitrogens with one attached hydrogen (secondary N) is 1. The zero-order valence-corrected chi connectivity index (χ0v) is 10.9. The van der Waals surface area contributed by atoms with Gasteiger partial charge in [-0.05, 0) is 34.1 Å². The summed E-state index contributed by atoms with van der Waals surface area (Å²) in [5.41, 5.74) is 4.17. The third-order valence-electron chi connectivity index (χ3n) is 2.04. The number of hydrogen-bond donors (Lipinski definition) is 3. The smallest absolute Gasteiger partial charge is 0.409 e. The summed E-state index contributed by atoms with van der Waals surface area (Å²) < 4.78 is 37.8. The lowest BCUT2D eigenvalue weighted by Crippen LogP contribution is -2.22. The Hall–Kier alpha value is -1.77. The molecule has 0 radical (unpaired) electrons. The Morgan fingerprint density at radius 3 is 2.63 bits per heavy atom. The molecule has 0 saturated carbocycles. The van der Waals surface area contributed by atoms with E-state index in [4.69, 9.17) is 10.9 Å². The van der Waals surface area contributed by atoms with Gasteiger partial charge in [0.05, 0.1) is 17.7 Å². The molecular weight excluding hydrogens is 331 g/mol. The minimum absolute atomic E-state index is 0.0504. The Balaban J connectivity index is 2.92. The van der Waals surface area contributed by atoms with Crippen molar-refractivity contribution in [1.82, 2.24) is 0 Å². The molecular formula is C10H9BrF3N3O2. The number of amidine groups is 1. The standard InChI is InChI=1S/C10H9BrF3N3O2/c11-6-2-1-5(10(12,13)14)3-7(6)16-9(18)4-8(15)17-19/h1-3,19H,4H2,(H2,15,17)(H,16,18). The van der Waals surface area contributed by atoms with Crippen LogP contribution in [0.15, 0.2) is 27.8 Å². The van der Waals surface area contributed by atoms with E-state index in [0.717, 1.165) is 12.1 Å². The fourth-order valence-corrected chi connectivity index (χ4v) is 1.54. The first-order valence-corrected chi connectivity index (χ1v) is 5.66. The first-order valence-electron chi connectivity index (χ1n) is 4.87. The number of carbonyl (C=O) groups excluding carboxylic acids is 1. The summed E-state index contributed by atoms with van der Waals surface area (Å²) >= 11 is 3.02. The van der Waals surface area contributed by atoms with Crippen LogP contribution in [-0.4, -0.2) is 17.0 Å². The van der Waals surface area contributed by atoms with Crippen LogP contribution < -0.4 is 11.1 Å². The van der Waals surface area contributed by atoms with Crippen LogP contribution in [-0.2, 0) is 11.0 Å². The molecule has 0 aliphatic heterocycles. The maximum absolute atomic E-state index is 12.5.